The van der Waals surface area contributed by atoms with Crippen LogP contribution in [0, 0.1) is 0 Å². The largest absolute Gasteiger partial charge is 0.497 e. The topological polar surface area (TPSA) is 70.8 Å². The summed E-state index contributed by atoms with van der Waals surface area (Å²) in [5, 5.41) is 0. The van der Waals surface area contributed by atoms with Crippen molar-refractivity contribution in [3.63, 3.8) is 0 Å². The molecule has 6 heteroatoms. The summed E-state index contributed by atoms with van der Waals surface area (Å²) in [6.07, 6.45) is 0. The lowest BCUT2D eigenvalue weighted by atomic mass is 10.1. The fourth-order valence-corrected chi connectivity index (χ4v) is 1.34. The third kappa shape index (κ3) is 3.51. The highest BCUT2D eigenvalue weighted by molar-refractivity contribution is 5.85. The number of halogens is 1. The van der Waals surface area contributed by atoms with Gasteiger partial charge in [-0.15, -0.1) is 12.4 Å². The van der Waals surface area contributed by atoms with Gasteiger partial charge in [0.25, 0.3) is 0 Å². The monoisotopic (exact) mass is 261 g/mol. The molecule has 0 bridgehead atoms. The molecule has 0 unspecified atom stereocenters. The molecule has 96 valence electrons. The van der Waals surface area contributed by atoms with Gasteiger partial charge in [0.1, 0.15) is 17.5 Å². The maximum atomic E-state index is 11.3. The maximum Gasteiger partial charge on any atom is 0.327 e. The van der Waals surface area contributed by atoms with Crippen molar-refractivity contribution >= 4 is 18.4 Å². The fourth-order valence-electron chi connectivity index (χ4n) is 1.34. The van der Waals surface area contributed by atoms with E-state index in [9.17, 15) is 4.79 Å². The molecule has 0 amide bonds. The minimum atomic E-state index is -0.880. The number of esters is 1. The second-order valence-electron chi connectivity index (χ2n) is 3.11. The molecule has 0 spiro atoms. The van der Waals surface area contributed by atoms with E-state index in [2.05, 4.69) is 4.74 Å². The standard InChI is InChI=1S/C11H15NO4.ClH/c1-14-7-4-5-9(15-2)8(6-7)10(12)11(13)16-3;/h4-6,10H,12H2,1-3H3;1H/t10-;/m1./s1. The molecular formula is C11H16ClNO4. The smallest absolute Gasteiger partial charge is 0.327 e. The molecule has 0 aliphatic rings. The Hall–Kier alpha value is -1.46. The molecule has 1 rings (SSSR count). The van der Waals surface area contributed by atoms with Gasteiger partial charge in [0.2, 0.25) is 0 Å². The third-order valence-corrected chi connectivity index (χ3v) is 2.23. The zero-order valence-electron chi connectivity index (χ0n) is 9.93. The van der Waals surface area contributed by atoms with Crippen LogP contribution in [-0.4, -0.2) is 27.3 Å². The highest BCUT2D eigenvalue weighted by atomic mass is 35.5. The summed E-state index contributed by atoms with van der Waals surface area (Å²) < 4.78 is 14.8. The van der Waals surface area contributed by atoms with Crippen molar-refractivity contribution in [3.8, 4) is 11.5 Å². The van der Waals surface area contributed by atoms with Crippen molar-refractivity contribution in [2.45, 2.75) is 6.04 Å². The molecule has 0 saturated carbocycles. The predicted octanol–water partition coefficient (Wildman–Crippen LogP) is 1.30. The van der Waals surface area contributed by atoms with E-state index in [-0.39, 0.29) is 12.4 Å². The quantitative estimate of drug-likeness (QED) is 0.827. The van der Waals surface area contributed by atoms with E-state index >= 15 is 0 Å². The number of carbonyl (C=O) groups excluding carboxylic acids is 1. The van der Waals surface area contributed by atoms with Gasteiger partial charge in [0, 0.05) is 5.56 Å². The van der Waals surface area contributed by atoms with Gasteiger partial charge in [-0.3, -0.25) is 4.79 Å². The number of methoxy groups -OCH3 is 3. The van der Waals surface area contributed by atoms with Gasteiger partial charge in [0.15, 0.2) is 0 Å². The zero-order chi connectivity index (χ0) is 12.1. The summed E-state index contributed by atoms with van der Waals surface area (Å²) in [4.78, 5) is 11.3. The highest BCUT2D eigenvalue weighted by Gasteiger charge is 2.20. The number of hydrogen-bond acceptors (Lipinski definition) is 5. The molecule has 0 aliphatic carbocycles. The van der Waals surface area contributed by atoms with Gasteiger partial charge in [0.05, 0.1) is 21.3 Å². The molecule has 0 aromatic heterocycles. The summed E-state index contributed by atoms with van der Waals surface area (Å²) in [7, 11) is 4.33. The summed E-state index contributed by atoms with van der Waals surface area (Å²) in [6, 6.07) is 4.19. The molecule has 1 aromatic carbocycles. The summed E-state index contributed by atoms with van der Waals surface area (Å²) >= 11 is 0. The minimum Gasteiger partial charge on any atom is -0.497 e. The SMILES string of the molecule is COC(=O)[C@H](N)c1cc(OC)ccc1OC.Cl. The Kier molecular flexibility index (Phi) is 6.38. The maximum absolute atomic E-state index is 11.3. The van der Waals surface area contributed by atoms with E-state index in [0.717, 1.165) is 0 Å². The van der Waals surface area contributed by atoms with Crippen LogP contribution in [0.25, 0.3) is 0 Å². The van der Waals surface area contributed by atoms with E-state index in [1.807, 2.05) is 0 Å². The Morgan fingerprint density at radius 2 is 1.88 bits per heavy atom. The van der Waals surface area contributed by atoms with Crippen LogP contribution >= 0.6 is 12.4 Å². The molecule has 2 N–H and O–H groups in total. The van der Waals surface area contributed by atoms with Crippen molar-refractivity contribution < 1.29 is 19.0 Å². The Labute approximate surface area is 106 Å². The number of nitrogens with two attached hydrogens (primary N) is 1. The van der Waals surface area contributed by atoms with Crippen molar-refractivity contribution in [2.75, 3.05) is 21.3 Å². The van der Waals surface area contributed by atoms with Gasteiger partial charge in [-0.1, -0.05) is 0 Å². The van der Waals surface area contributed by atoms with Crippen LogP contribution in [0.1, 0.15) is 11.6 Å². The Morgan fingerprint density at radius 1 is 1.24 bits per heavy atom. The van der Waals surface area contributed by atoms with Crippen LogP contribution in [0.5, 0.6) is 11.5 Å². The molecule has 17 heavy (non-hydrogen) atoms. The zero-order valence-corrected chi connectivity index (χ0v) is 10.7. The lowest BCUT2D eigenvalue weighted by Gasteiger charge is -2.14. The number of benzene rings is 1. The van der Waals surface area contributed by atoms with Crippen molar-refractivity contribution in [1.29, 1.82) is 0 Å². The number of ether oxygens (including phenoxy) is 3. The second kappa shape index (κ2) is 6.98. The van der Waals surface area contributed by atoms with Gasteiger partial charge in [-0.05, 0) is 18.2 Å². The molecule has 0 radical (unpaired) electrons. The summed E-state index contributed by atoms with van der Waals surface area (Å²) in [5.74, 6) is 0.611. The van der Waals surface area contributed by atoms with E-state index in [1.54, 1.807) is 18.2 Å². The van der Waals surface area contributed by atoms with Gasteiger partial charge in [-0.2, -0.15) is 0 Å². The first kappa shape index (κ1) is 15.5. The van der Waals surface area contributed by atoms with Crippen molar-refractivity contribution in [3.05, 3.63) is 23.8 Å². The molecule has 1 aromatic rings. The first-order chi connectivity index (χ1) is 7.63. The Morgan fingerprint density at radius 3 is 2.35 bits per heavy atom. The Balaban J connectivity index is 0.00000256. The lowest BCUT2D eigenvalue weighted by molar-refractivity contribution is -0.142. The highest BCUT2D eigenvalue weighted by Crippen LogP contribution is 2.28. The molecule has 0 saturated heterocycles. The third-order valence-electron chi connectivity index (χ3n) is 2.23. The van der Waals surface area contributed by atoms with Crippen LogP contribution < -0.4 is 15.2 Å². The van der Waals surface area contributed by atoms with Crippen LogP contribution in [-0.2, 0) is 9.53 Å². The average molecular weight is 262 g/mol. The second-order valence-corrected chi connectivity index (χ2v) is 3.11. The lowest BCUT2D eigenvalue weighted by Crippen LogP contribution is -2.23. The predicted molar refractivity (Wildman–Crippen MR) is 65.7 cm³/mol. The minimum absolute atomic E-state index is 0. The molecular weight excluding hydrogens is 246 g/mol. The summed E-state index contributed by atoms with van der Waals surface area (Å²) in [6.45, 7) is 0. The molecule has 0 aliphatic heterocycles. The average Bonchev–Trinajstić information content (AvgIpc) is 2.35. The van der Waals surface area contributed by atoms with Gasteiger partial charge in [-0.25, -0.2) is 0 Å². The Bertz CT molecular complexity index is 384. The van der Waals surface area contributed by atoms with Crippen LogP contribution in [0.4, 0.5) is 0 Å². The van der Waals surface area contributed by atoms with Crippen molar-refractivity contribution in [2.24, 2.45) is 5.73 Å². The van der Waals surface area contributed by atoms with Crippen LogP contribution in [0.15, 0.2) is 18.2 Å². The van der Waals surface area contributed by atoms with E-state index in [4.69, 9.17) is 15.2 Å². The van der Waals surface area contributed by atoms with Crippen LogP contribution in [0.3, 0.4) is 0 Å². The van der Waals surface area contributed by atoms with E-state index in [0.29, 0.717) is 17.1 Å². The molecule has 1 atom stereocenters. The number of hydrogen-bond donors (Lipinski definition) is 1. The van der Waals surface area contributed by atoms with E-state index < -0.39 is 12.0 Å². The first-order valence-electron chi connectivity index (χ1n) is 4.69. The molecule has 0 fully saturated rings. The normalized spacial score (nSPS) is 11.1. The first-order valence-corrected chi connectivity index (χ1v) is 4.69. The van der Waals surface area contributed by atoms with Gasteiger partial charge < -0.3 is 19.9 Å². The molecule has 5 nitrogen and oxygen atoms in total. The fraction of sp³-hybridized carbons (Fsp3) is 0.364. The van der Waals surface area contributed by atoms with E-state index in [1.165, 1.54) is 21.3 Å². The number of carbonyl (C=O) groups is 1. The summed E-state index contributed by atoms with van der Waals surface area (Å²) in [5.41, 5.74) is 6.27. The number of rotatable bonds is 4. The molecule has 0 heterocycles. The van der Waals surface area contributed by atoms with Crippen molar-refractivity contribution in [1.82, 2.24) is 0 Å². The van der Waals surface area contributed by atoms with Crippen LogP contribution in [0.2, 0.25) is 0 Å². The van der Waals surface area contributed by atoms with Gasteiger partial charge >= 0.3 is 5.97 Å².